The number of alkyl halides is 1. The molecule has 1 nitrogen and oxygen atoms in total. The molecule has 0 spiro atoms. The third kappa shape index (κ3) is 5.53. The van der Waals surface area contributed by atoms with Crippen molar-refractivity contribution >= 4 is 11.6 Å². The highest BCUT2D eigenvalue weighted by Crippen LogP contribution is 2.08. The fourth-order valence-corrected chi connectivity index (χ4v) is 1.86. The molecule has 0 aliphatic carbocycles. The van der Waals surface area contributed by atoms with E-state index < -0.39 is 0 Å². The van der Waals surface area contributed by atoms with Crippen LogP contribution in [-0.2, 0) is 12.4 Å². The summed E-state index contributed by atoms with van der Waals surface area (Å²) in [4.78, 5) is 0. The summed E-state index contributed by atoms with van der Waals surface area (Å²) in [5, 5.41) is 3.47. The minimum atomic E-state index is 0.598. The second kappa shape index (κ2) is 7.70. The van der Waals surface area contributed by atoms with Gasteiger partial charge in [-0.1, -0.05) is 38.1 Å². The average molecular weight is 240 g/mol. The van der Waals surface area contributed by atoms with Crippen LogP contribution in [0, 0.1) is 5.92 Å². The van der Waals surface area contributed by atoms with Crippen molar-refractivity contribution in [2.24, 2.45) is 5.92 Å². The molecule has 1 aromatic rings. The average Bonchev–Trinajstić information content (AvgIpc) is 2.28. The molecule has 1 rings (SSSR count). The summed E-state index contributed by atoms with van der Waals surface area (Å²) in [6.07, 6.45) is 2.56. The first-order valence-electron chi connectivity index (χ1n) is 6.07. The number of halogens is 1. The Hall–Kier alpha value is -0.530. The van der Waals surface area contributed by atoms with E-state index in [4.69, 9.17) is 11.6 Å². The number of hydrogen-bond acceptors (Lipinski definition) is 1. The molecule has 0 atom stereocenters. The highest BCUT2D eigenvalue weighted by atomic mass is 35.5. The van der Waals surface area contributed by atoms with Crippen LogP contribution in [0.5, 0.6) is 0 Å². The Morgan fingerprint density at radius 1 is 1.25 bits per heavy atom. The van der Waals surface area contributed by atoms with E-state index in [1.54, 1.807) is 0 Å². The van der Waals surface area contributed by atoms with Crippen LogP contribution in [0.25, 0.3) is 0 Å². The standard InChI is InChI=1S/C14H22ClN/c1-12(2)5-4-8-16-11-14-7-3-6-13(9-14)10-15/h3,6-7,9,12,16H,4-5,8,10-11H2,1-2H3. The number of benzene rings is 1. The monoisotopic (exact) mass is 239 g/mol. The van der Waals surface area contributed by atoms with Gasteiger partial charge in [-0.2, -0.15) is 0 Å². The third-order valence-corrected chi connectivity index (χ3v) is 2.92. The van der Waals surface area contributed by atoms with Gasteiger partial charge in [-0.15, -0.1) is 11.6 Å². The quantitative estimate of drug-likeness (QED) is 0.561. The predicted octanol–water partition coefficient (Wildman–Crippen LogP) is 3.95. The van der Waals surface area contributed by atoms with E-state index in [-0.39, 0.29) is 0 Å². The van der Waals surface area contributed by atoms with Gasteiger partial charge < -0.3 is 5.32 Å². The maximum Gasteiger partial charge on any atom is 0.0474 e. The molecular formula is C14H22ClN. The molecule has 0 aliphatic rings. The molecule has 0 bridgehead atoms. The first kappa shape index (κ1) is 13.5. The Balaban J connectivity index is 2.21. The Bertz CT molecular complexity index is 297. The molecule has 0 unspecified atom stereocenters. The minimum Gasteiger partial charge on any atom is -0.313 e. The molecule has 0 fully saturated rings. The van der Waals surface area contributed by atoms with E-state index in [1.165, 1.54) is 24.0 Å². The van der Waals surface area contributed by atoms with Gasteiger partial charge in [0.2, 0.25) is 0 Å². The van der Waals surface area contributed by atoms with Gasteiger partial charge >= 0.3 is 0 Å². The summed E-state index contributed by atoms with van der Waals surface area (Å²) in [6.45, 7) is 6.58. The summed E-state index contributed by atoms with van der Waals surface area (Å²) in [7, 11) is 0. The van der Waals surface area contributed by atoms with Gasteiger partial charge in [0.1, 0.15) is 0 Å². The van der Waals surface area contributed by atoms with Crippen molar-refractivity contribution in [3.63, 3.8) is 0 Å². The molecule has 16 heavy (non-hydrogen) atoms. The lowest BCUT2D eigenvalue weighted by molar-refractivity contribution is 0.527. The van der Waals surface area contributed by atoms with E-state index in [0.717, 1.165) is 19.0 Å². The number of nitrogens with one attached hydrogen (secondary N) is 1. The number of hydrogen-bond donors (Lipinski definition) is 1. The Morgan fingerprint density at radius 2 is 2.00 bits per heavy atom. The van der Waals surface area contributed by atoms with E-state index in [2.05, 4.69) is 43.4 Å². The lowest BCUT2D eigenvalue weighted by atomic mass is 10.1. The van der Waals surface area contributed by atoms with Crippen LogP contribution in [0.2, 0.25) is 0 Å². The van der Waals surface area contributed by atoms with Crippen LogP contribution in [-0.4, -0.2) is 6.54 Å². The summed E-state index contributed by atoms with van der Waals surface area (Å²) >= 11 is 5.80. The Labute approximate surface area is 104 Å². The maximum atomic E-state index is 5.80. The van der Waals surface area contributed by atoms with Gasteiger partial charge in [-0.05, 0) is 36.4 Å². The zero-order chi connectivity index (χ0) is 11.8. The molecule has 0 amide bonds. The molecule has 90 valence electrons. The molecule has 0 aromatic heterocycles. The predicted molar refractivity (Wildman–Crippen MR) is 71.8 cm³/mol. The summed E-state index contributed by atoms with van der Waals surface area (Å²) in [6, 6.07) is 8.45. The zero-order valence-corrected chi connectivity index (χ0v) is 11.1. The summed E-state index contributed by atoms with van der Waals surface area (Å²) < 4.78 is 0. The van der Waals surface area contributed by atoms with E-state index in [0.29, 0.717) is 5.88 Å². The van der Waals surface area contributed by atoms with Crippen molar-refractivity contribution in [3.05, 3.63) is 35.4 Å². The fourth-order valence-electron chi connectivity index (χ4n) is 1.69. The van der Waals surface area contributed by atoms with Crippen LogP contribution >= 0.6 is 11.6 Å². The van der Waals surface area contributed by atoms with Gasteiger partial charge in [0.05, 0.1) is 0 Å². The normalized spacial score (nSPS) is 11.0. The van der Waals surface area contributed by atoms with Crippen molar-refractivity contribution in [2.45, 2.75) is 39.1 Å². The molecule has 0 saturated carbocycles. The van der Waals surface area contributed by atoms with Crippen molar-refractivity contribution < 1.29 is 0 Å². The third-order valence-electron chi connectivity index (χ3n) is 2.61. The molecule has 0 heterocycles. The fraction of sp³-hybridized carbons (Fsp3) is 0.571. The highest BCUT2D eigenvalue weighted by molar-refractivity contribution is 6.17. The molecule has 2 heteroatoms. The van der Waals surface area contributed by atoms with Crippen LogP contribution < -0.4 is 5.32 Å². The zero-order valence-electron chi connectivity index (χ0n) is 10.3. The molecule has 0 aliphatic heterocycles. The van der Waals surface area contributed by atoms with Crippen LogP contribution in [0.3, 0.4) is 0 Å². The first-order valence-corrected chi connectivity index (χ1v) is 6.60. The van der Waals surface area contributed by atoms with Crippen molar-refractivity contribution in [3.8, 4) is 0 Å². The SMILES string of the molecule is CC(C)CCCNCc1cccc(CCl)c1. The lowest BCUT2D eigenvalue weighted by Crippen LogP contribution is -2.15. The van der Waals surface area contributed by atoms with Crippen molar-refractivity contribution in [1.29, 1.82) is 0 Å². The van der Waals surface area contributed by atoms with E-state index in [1.807, 2.05) is 0 Å². The van der Waals surface area contributed by atoms with E-state index in [9.17, 15) is 0 Å². The van der Waals surface area contributed by atoms with Crippen LogP contribution in [0.1, 0.15) is 37.8 Å². The van der Waals surface area contributed by atoms with Gasteiger partial charge in [0, 0.05) is 12.4 Å². The Morgan fingerprint density at radius 3 is 2.69 bits per heavy atom. The van der Waals surface area contributed by atoms with Gasteiger partial charge in [-0.25, -0.2) is 0 Å². The first-order chi connectivity index (χ1) is 7.72. The summed E-state index contributed by atoms with van der Waals surface area (Å²) in [5.41, 5.74) is 2.52. The van der Waals surface area contributed by atoms with E-state index >= 15 is 0 Å². The smallest absolute Gasteiger partial charge is 0.0474 e. The molecule has 0 saturated heterocycles. The molecule has 0 radical (unpaired) electrons. The molecular weight excluding hydrogens is 218 g/mol. The lowest BCUT2D eigenvalue weighted by Gasteiger charge is -2.07. The minimum absolute atomic E-state index is 0.598. The highest BCUT2D eigenvalue weighted by Gasteiger charge is 1.96. The molecule has 1 aromatic carbocycles. The summed E-state index contributed by atoms with van der Waals surface area (Å²) in [5.74, 6) is 1.41. The van der Waals surface area contributed by atoms with Crippen molar-refractivity contribution in [2.75, 3.05) is 6.54 Å². The van der Waals surface area contributed by atoms with Crippen LogP contribution in [0.15, 0.2) is 24.3 Å². The topological polar surface area (TPSA) is 12.0 Å². The van der Waals surface area contributed by atoms with Gasteiger partial charge in [-0.3, -0.25) is 0 Å². The Kier molecular flexibility index (Phi) is 6.51. The molecule has 1 N–H and O–H groups in total. The second-order valence-corrected chi connectivity index (χ2v) is 4.93. The maximum absolute atomic E-state index is 5.80. The van der Waals surface area contributed by atoms with Gasteiger partial charge in [0.15, 0.2) is 0 Å². The number of rotatable bonds is 7. The van der Waals surface area contributed by atoms with Gasteiger partial charge in [0.25, 0.3) is 0 Å². The largest absolute Gasteiger partial charge is 0.313 e. The van der Waals surface area contributed by atoms with Crippen LogP contribution in [0.4, 0.5) is 0 Å². The van der Waals surface area contributed by atoms with Crippen molar-refractivity contribution in [1.82, 2.24) is 5.32 Å². The second-order valence-electron chi connectivity index (χ2n) is 4.67.